The lowest BCUT2D eigenvalue weighted by Crippen LogP contribution is -2.21. The first-order valence-electron chi connectivity index (χ1n) is 5.56. The van der Waals surface area contributed by atoms with E-state index in [1.54, 1.807) is 6.07 Å². The Balaban J connectivity index is 2.15. The fourth-order valence-electron chi connectivity index (χ4n) is 2.49. The third-order valence-electron chi connectivity index (χ3n) is 3.09. The Morgan fingerprint density at radius 1 is 1.38 bits per heavy atom. The van der Waals surface area contributed by atoms with Crippen LogP contribution < -0.4 is 0 Å². The second kappa shape index (κ2) is 4.26. The molecule has 1 aromatic carbocycles. The maximum Gasteiger partial charge on any atom is 0.335 e. The van der Waals surface area contributed by atoms with Gasteiger partial charge in [0.15, 0.2) is 0 Å². The predicted octanol–water partition coefficient (Wildman–Crippen LogP) is 1.66. The van der Waals surface area contributed by atoms with Gasteiger partial charge < -0.3 is 10.0 Å². The molecule has 1 aromatic rings. The molecule has 0 bridgehead atoms. The number of carboxylic acid groups (broad SMARTS) is 1. The number of hydrogen-bond acceptors (Lipinski definition) is 2. The molecule has 1 N–H and O–H groups in total. The molecule has 3 heteroatoms. The molecule has 0 amide bonds. The summed E-state index contributed by atoms with van der Waals surface area (Å²) in [5.41, 5.74) is 2.94. The largest absolute Gasteiger partial charge is 0.478 e. The number of hydrogen-bond donors (Lipinski definition) is 1. The monoisotopic (exact) mass is 219 g/mol. The molecule has 1 unspecified atom stereocenters. The average molecular weight is 219 g/mol. The van der Waals surface area contributed by atoms with Gasteiger partial charge in [0, 0.05) is 6.54 Å². The lowest BCUT2D eigenvalue weighted by Gasteiger charge is -2.14. The van der Waals surface area contributed by atoms with Crippen LogP contribution >= 0.6 is 0 Å². The minimum absolute atomic E-state index is 0.407. The molecule has 16 heavy (non-hydrogen) atoms. The smallest absolute Gasteiger partial charge is 0.335 e. The van der Waals surface area contributed by atoms with Gasteiger partial charge in [0.1, 0.15) is 0 Å². The van der Waals surface area contributed by atoms with Crippen LogP contribution in [0.15, 0.2) is 18.2 Å². The molecular formula is C13H17NO2. The van der Waals surface area contributed by atoms with Crippen LogP contribution in [0.4, 0.5) is 0 Å². The normalized spacial score (nSPS) is 18.8. The van der Waals surface area contributed by atoms with E-state index in [9.17, 15) is 4.79 Å². The highest BCUT2D eigenvalue weighted by molar-refractivity contribution is 5.88. The van der Waals surface area contributed by atoms with Crippen molar-refractivity contribution in [2.24, 2.45) is 5.92 Å². The summed E-state index contributed by atoms with van der Waals surface area (Å²) in [6, 6.07) is 5.50. The molecule has 0 heterocycles. The Morgan fingerprint density at radius 3 is 2.69 bits per heavy atom. The Morgan fingerprint density at radius 2 is 2.06 bits per heavy atom. The fourth-order valence-corrected chi connectivity index (χ4v) is 2.49. The molecule has 0 aliphatic heterocycles. The first-order chi connectivity index (χ1) is 7.56. The van der Waals surface area contributed by atoms with Crippen molar-refractivity contribution in [2.45, 2.75) is 12.8 Å². The van der Waals surface area contributed by atoms with Gasteiger partial charge in [-0.1, -0.05) is 6.07 Å². The van der Waals surface area contributed by atoms with E-state index < -0.39 is 5.97 Å². The third-order valence-corrected chi connectivity index (χ3v) is 3.09. The zero-order valence-electron chi connectivity index (χ0n) is 9.73. The van der Waals surface area contributed by atoms with E-state index in [2.05, 4.69) is 19.0 Å². The first kappa shape index (κ1) is 11.1. The van der Waals surface area contributed by atoms with Crippen molar-refractivity contribution in [2.75, 3.05) is 20.6 Å². The fraction of sp³-hybridized carbons (Fsp3) is 0.462. The van der Waals surface area contributed by atoms with E-state index in [1.165, 1.54) is 11.1 Å². The Kier molecular flexibility index (Phi) is 2.97. The van der Waals surface area contributed by atoms with Gasteiger partial charge >= 0.3 is 5.97 Å². The summed E-state index contributed by atoms with van der Waals surface area (Å²) in [6.45, 7) is 1.07. The topological polar surface area (TPSA) is 40.5 Å². The zero-order valence-corrected chi connectivity index (χ0v) is 9.73. The van der Waals surface area contributed by atoms with Crippen LogP contribution in [0, 0.1) is 5.92 Å². The molecule has 86 valence electrons. The summed E-state index contributed by atoms with van der Waals surface area (Å²) < 4.78 is 0. The SMILES string of the molecule is CN(C)CC1Cc2ccc(C(=O)O)cc2C1. The number of fused-ring (bicyclic) bond motifs is 1. The summed E-state index contributed by atoms with van der Waals surface area (Å²) >= 11 is 0. The standard InChI is InChI=1S/C13H17NO2/c1-14(2)8-9-5-10-3-4-11(13(15)16)7-12(10)6-9/h3-4,7,9H,5-6,8H2,1-2H3,(H,15,16). The molecule has 0 spiro atoms. The molecule has 3 nitrogen and oxygen atoms in total. The Bertz CT molecular complexity index is 412. The van der Waals surface area contributed by atoms with Crippen molar-refractivity contribution in [1.82, 2.24) is 4.90 Å². The molecule has 1 atom stereocenters. The Labute approximate surface area is 95.7 Å². The number of aromatic carboxylic acids is 1. The molecule has 0 radical (unpaired) electrons. The van der Waals surface area contributed by atoms with E-state index >= 15 is 0 Å². The third kappa shape index (κ3) is 2.25. The highest BCUT2D eigenvalue weighted by atomic mass is 16.4. The van der Waals surface area contributed by atoms with Crippen LogP contribution in [-0.4, -0.2) is 36.6 Å². The van der Waals surface area contributed by atoms with E-state index in [4.69, 9.17) is 5.11 Å². The van der Waals surface area contributed by atoms with Gasteiger partial charge in [-0.25, -0.2) is 4.79 Å². The number of nitrogens with zero attached hydrogens (tertiary/aromatic N) is 1. The van der Waals surface area contributed by atoms with Crippen LogP contribution in [0.2, 0.25) is 0 Å². The van der Waals surface area contributed by atoms with Crippen LogP contribution in [-0.2, 0) is 12.8 Å². The first-order valence-corrected chi connectivity index (χ1v) is 5.56. The number of carboxylic acids is 1. The summed E-state index contributed by atoms with van der Waals surface area (Å²) in [7, 11) is 4.15. The second-order valence-electron chi connectivity index (χ2n) is 4.83. The van der Waals surface area contributed by atoms with Crippen molar-refractivity contribution in [3.8, 4) is 0 Å². The van der Waals surface area contributed by atoms with Crippen molar-refractivity contribution in [3.63, 3.8) is 0 Å². The van der Waals surface area contributed by atoms with E-state index in [-0.39, 0.29) is 0 Å². The quantitative estimate of drug-likeness (QED) is 0.840. The summed E-state index contributed by atoms with van der Waals surface area (Å²) in [5, 5.41) is 8.92. The predicted molar refractivity (Wildman–Crippen MR) is 62.9 cm³/mol. The van der Waals surface area contributed by atoms with Gasteiger partial charge in [-0.2, -0.15) is 0 Å². The minimum Gasteiger partial charge on any atom is -0.478 e. The van der Waals surface area contributed by atoms with Crippen molar-refractivity contribution in [3.05, 3.63) is 34.9 Å². The van der Waals surface area contributed by atoms with Crippen LogP contribution in [0.5, 0.6) is 0 Å². The van der Waals surface area contributed by atoms with Crippen molar-refractivity contribution < 1.29 is 9.90 Å². The van der Waals surface area contributed by atoms with Gasteiger partial charge in [-0.3, -0.25) is 0 Å². The van der Waals surface area contributed by atoms with Gasteiger partial charge in [0.05, 0.1) is 5.56 Å². The lowest BCUT2D eigenvalue weighted by atomic mass is 10.1. The Hall–Kier alpha value is -1.35. The van der Waals surface area contributed by atoms with Gasteiger partial charge in [-0.15, -0.1) is 0 Å². The molecule has 0 aromatic heterocycles. The van der Waals surface area contributed by atoms with Gasteiger partial charge in [0.25, 0.3) is 0 Å². The summed E-state index contributed by atoms with van der Waals surface area (Å²) in [5.74, 6) is -0.201. The lowest BCUT2D eigenvalue weighted by molar-refractivity contribution is 0.0697. The summed E-state index contributed by atoms with van der Waals surface area (Å²) in [4.78, 5) is 13.0. The molecular weight excluding hydrogens is 202 g/mol. The minimum atomic E-state index is -0.834. The zero-order chi connectivity index (χ0) is 11.7. The highest BCUT2D eigenvalue weighted by Gasteiger charge is 2.22. The van der Waals surface area contributed by atoms with Gasteiger partial charge in [0.2, 0.25) is 0 Å². The molecule has 0 fully saturated rings. The van der Waals surface area contributed by atoms with Crippen LogP contribution in [0.3, 0.4) is 0 Å². The number of benzene rings is 1. The average Bonchev–Trinajstić information content (AvgIpc) is 2.56. The highest BCUT2D eigenvalue weighted by Crippen LogP contribution is 2.27. The second-order valence-corrected chi connectivity index (χ2v) is 4.83. The van der Waals surface area contributed by atoms with E-state index in [1.807, 2.05) is 12.1 Å². The van der Waals surface area contributed by atoms with E-state index in [0.717, 1.165) is 19.4 Å². The maximum absolute atomic E-state index is 10.9. The van der Waals surface area contributed by atoms with Crippen LogP contribution in [0.25, 0.3) is 0 Å². The maximum atomic E-state index is 10.9. The number of carbonyl (C=O) groups is 1. The molecule has 2 rings (SSSR count). The van der Waals surface area contributed by atoms with Crippen molar-refractivity contribution in [1.29, 1.82) is 0 Å². The molecule has 1 aliphatic carbocycles. The van der Waals surface area contributed by atoms with Gasteiger partial charge in [-0.05, 0) is 56.1 Å². The molecule has 0 saturated carbocycles. The molecule has 0 saturated heterocycles. The van der Waals surface area contributed by atoms with Crippen LogP contribution in [0.1, 0.15) is 21.5 Å². The van der Waals surface area contributed by atoms with Crippen molar-refractivity contribution >= 4 is 5.97 Å². The summed E-state index contributed by atoms with van der Waals surface area (Å²) in [6.07, 6.45) is 2.09. The molecule has 1 aliphatic rings. The number of rotatable bonds is 3. The van der Waals surface area contributed by atoms with E-state index in [0.29, 0.717) is 11.5 Å².